The van der Waals surface area contributed by atoms with Crippen molar-refractivity contribution in [1.82, 2.24) is 10.6 Å². The van der Waals surface area contributed by atoms with Gasteiger partial charge in [0.2, 0.25) is 11.8 Å². The number of nitrogens with two attached hydrogens (primary N) is 1. The minimum atomic E-state index is -0.463. The standard InChI is InChI=1S/C15H21N3O2S/c1-15(2)14(20)18-12(9-21-15)13(19)17-8-11-5-3-10(7-16)4-6-11/h3-6,12H,7-9,16H2,1-2H3,(H,17,19)(H,18,20). The summed E-state index contributed by atoms with van der Waals surface area (Å²) in [5.74, 6) is 0.358. The maximum atomic E-state index is 12.1. The van der Waals surface area contributed by atoms with E-state index in [0.717, 1.165) is 11.1 Å². The van der Waals surface area contributed by atoms with Gasteiger partial charge in [0.25, 0.3) is 0 Å². The molecular formula is C15H21N3O2S. The van der Waals surface area contributed by atoms with Crippen LogP contribution in [-0.2, 0) is 22.7 Å². The molecule has 1 aliphatic rings. The van der Waals surface area contributed by atoms with Crippen molar-refractivity contribution in [1.29, 1.82) is 0 Å². The van der Waals surface area contributed by atoms with E-state index in [0.29, 0.717) is 18.8 Å². The Hall–Kier alpha value is -1.53. The van der Waals surface area contributed by atoms with Crippen LogP contribution in [0.5, 0.6) is 0 Å². The Morgan fingerprint density at radius 3 is 2.57 bits per heavy atom. The highest BCUT2D eigenvalue weighted by atomic mass is 32.2. The predicted molar refractivity (Wildman–Crippen MR) is 84.6 cm³/mol. The van der Waals surface area contributed by atoms with Crippen LogP contribution in [0.15, 0.2) is 24.3 Å². The number of rotatable bonds is 4. The highest BCUT2D eigenvalue weighted by Gasteiger charge is 2.37. The van der Waals surface area contributed by atoms with E-state index in [2.05, 4.69) is 10.6 Å². The number of hydrogen-bond acceptors (Lipinski definition) is 4. The Kier molecular flexibility index (Phi) is 4.90. The van der Waals surface area contributed by atoms with Crippen LogP contribution in [0.4, 0.5) is 0 Å². The van der Waals surface area contributed by atoms with Gasteiger partial charge in [0, 0.05) is 18.8 Å². The van der Waals surface area contributed by atoms with Gasteiger partial charge in [-0.2, -0.15) is 0 Å². The first kappa shape index (κ1) is 15.9. The zero-order valence-corrected chi connectivity index (χ0v) is 13.1. The minimum absolute atomic E-state index is 0.0915. The van der Waals surface area contributed by atoms with E-state index in [1.165, 1.54) is 11.8 Å². The predicted octanol–water partition coefficient (Wildman–Crippen LogP) is 0.772. The smallest absolute Gasteiger partial charge is 0.243 e. The zero-order chi connectivity index (χ0) is 15.5. The fraction of sp³-hybridized carbons (Fsp3) is 0.467. The van der Waals surface area contributed by atoms with Crippen molar-refractivity contribution in [3.8, 4) is 0 Å². The number of carbonyl (C=O) groups excluding carboxylic acids is 2. The minimum Gasteiger partial charge on any atom is -0.350 e. The van der Waals surface area contributed by atoms with Gasteiger partial charge in [-0.05, 0) is 25.0 Å². The van der Waals surface area contributed by atoms with Crippen LogP contribution in [0, 0.1) is 0 Å². The summed E-state index contributed by atoms with van der Waals surface area (Å²) in [5.41, 5.74) is 7.61. The van der Waals surface area contributed by atoms with Gasteiger partial charge in [0.15, 0.2) is 0 Å². The summed E-state index contributed by atoms with van der Waals surface area (Å²) >= 11 is 1.50. The number of thioether (sulfide) groups is 1. The fourth-order valence-electron chi connectivity index (χ4n) is 1.98. The molecule has 6 heteroatoms. The summed E-state index contributed by atoms with van der Waals surface area (Å²) in [7, 11) is 0. The molecule has 0 aliphatic carbocycles. The quantitative estimate of drug-likeness (QED) is 0.767. The van der Waals surface area contributed by atoms with Crippen molar-refractivity contribution in [2.45, 2.75) is 37.7 Å². The summed E-state index contributed by atoms with van der Waals surface area (Å²) in [5, 5.41) is 5.63. The molecule has 1 aliphatic heterocycles. The van der Waals surface area contributed by atoms with Gasteiger partial charge < -0.3 is 16.4 Å². The van der Waals surface area contributed by atoms with Gasteiger partial charge in [0.1, 0.15) is 6.04 Å². The molecule has 1 unspecified atom stereocenters. The Balaban J connectivity index is 1.86. The fourth-order valence-corrected chi connectivity index (χ4v) is 2.99. The van der Waals surface area contributed by atoms with E-state index < -0.39 is 10.8 Å². The zero-order valence-electron chi connectivity index (χ0n) is 12.3. The summed E-state index contributed by atoms with van der Waals surface area (Å²) in [6, 6.07) is 7.32. The lowest BCUT2D eigenvalue weighted by Crippen LogP contribution is -2.57. The number of nitrogens with one attached hydrogen (secondary N) is 2. The molecule has 1 atom stereocenters. The second-order valence-corrected chi connectivity index (χ2v) is 7.23. The maximum absolute atomic E-state index is 12.1. The molecule has 0 saturated carbocycles. The third-order valence-corrected chi connectivity index (χ3v) is 4.91. The van der Waals surface area contributed by atoms with Crippen LogP contribution in [0.1, 0.15) is 25.0 Å². The van der Waals surface area contributed by atoms with Gasteiger partial charge in [-0.3, -0.25) is 9.59 Å². The first-order valence-corrected chi connectivity index (χ1v) is 7.91. The Morgan fingerprint density at radius 1 is 1.38 bits per heavy atom. The molecule has 1 aromatic rings. The maximum Gasteiger partial charge on any atom is 0.243 e. The lowest BCUT2D eigenvalue weighted by atomic mass is 10.1. The largest absolute Gasteiger partial charge is 0.350 e. The van der Waals surface area contributed by atoms with Crippen molar-refractivity contribution in [2.75, 3.05) is 5.75 Å². The molecule has 1 heterocycles. The Morgan fingerprint density at radius 2 is 2.00 bits per heavy atom. The summed E-state index contributed by atoms with van der Waals surface area (Å²) in [4.78, 5) is 23.9. The molecule has 2 amide bonds. The van der Waals surface area contributed by atoms with Crippen LogP contribution < -0.4 is 16.4 Å². The molecule has 0 radical (unpaired) electrons. The molecule has 114 valence electrons. The second-order valence-electron chi connectivity index (χ2n) is 5.59. The first-order valence-electron chi connectivity index (χ1n) is 6.93. The van der Waals surface area contributed by atoms with E-state index >= 15 is 0 Å². The van der Waals surface area contributed by atoms with Crippen LogP contribution in [0.25, 0.3) is 0 Å². The van der Waals surface area contributed by atoms with Crippen molar-refractivity contribution in [3.05, 3.63) is 35.4 Å². The molecule has 1 fully saturated rings. The molecular weight excluding hydrogens is 286 g/mol. The van der Waals surface area contributed by atoms with Gasteiger partial charge in [-0.15, -0.1) is 11.8 Å². The SMILES string of the molecule is CC1(C)SCC(C(=O)NCc2ccc(CN)cc2)NC1=O. The van der Waals surface area contributed by atoms with Crippen LogP contribution in [-0.4, -0.2) is 28.4 Å². The molecule has 4 N–H and O–H groups in total. The Labute approximate surface area is 129 Å². The van der Waals surface area contributed by atoms with Gasteiger partial charge in [-0.25, -0.2) is 0 Å². The molecule has 2 rings (SSSR count). The topological polar surface area (TPSA) is 84.2 Å². The van der Waals surface area contributed by atoms with Crippen LogP contribution >= 0.6 is 11.8 Å². The first-order chi connectivity index (χ1) is 9.92. The molecule has 0 aromatic heterocycles. The lowest BCUT2D eigenvalue weighted by molar-refractivity contribution is -0.129. The lowest BCUT2D eigenvalue weighted by Gasteiger charge is -2.32. The highest BCUT2D eigenvalue weighted by molar-refractivity contribution is 8.01. The van der Waals surface area contributed by atoms with Gasteiger partial charge in [-0.1, -0.05) is 24.3 Å². The van der Waals surface area contributed by atoms with E-state index in [1.54, 1.807) is 0 Å². The molecule has 0 bridgehead atoms. The Bertz CT molecular complexity index is 528. The van der Waals surface area contributed by atoms with E-state index in [1.807, 2.05) is 38.1 Å². The summed E-state index contributed by atoms with van der Waals surface area (Å²) in [6.45, 7) is 4.68. The van der Waals surface area contributed by atoms with E-state index in [-0.39, 0.29) is 11.8 Å². The van der Waals surface area contributed by atoms with Gasteiger partial charge in [0.05, 0.1) is 4.75 Å². The third-order valence-electron chi connectivity index (χ3n) is 3.50. The molecule has 0 spiro atoms. The van der Waals surface area contributed by atoms with E-state index in [4.69, 9.17) is 5.73 Å². The molecule has 1 aromatic carbocycles. The van der Waals surface area contributed by atoms with Crippen molar-refractivity contribution in [2.24, 2.45) is 5.73 Å². The molecule has 5 nitrogen and oxygen atoms in total. The second kappa shape index (κ2) is 6.49. The highest BCUT2D eigenvalue weighted by Crippen LogP contribution is 2.28. The van der Waals surface area contributed by atoms with Crippen molar-refractivity contribution in [3.63, 3.8) is 0 Å². The summed E-state index contributed by atoms with van der Waals surface area (Å²) < 4.78 is -0.463. The van der Waals surface area contributed by atoms with Crippen molar-refractivity contribution < 1.29 is 9.59 Å². The molecule has 21 heavy (non-hydrogen) atoms. The average Bonchev–Trinajstić information content (AvgIpc) is 2.48. The van der Waals surface area contributed by atoms with Crippen LogP contribution in [0.3, 0.4) is 0 Å². The number of carbonyl (C=O) groups is 2. The number of benzene rings is 1. The summed E-state index contributed by atoms with van der Waals surface area (Å²) in [6.07, 6.45) is 0. The van der Waals surface area contributed by atoms with Gasteiger partial charge >= 0.3 is 0 Å². The van der Waals surface area contributed by atoms with Crippen LogP contribution in [0.2, 0.25) is 0 Å². The van der Waals surface area contributed by atoms with Crippen molar-refractivity contribution >= 4 is 23.6 Å². The third kappa shape index (κ3) is 3.98. The molecule has 1 saturated heterocycles. The number of amides is 2. The normalized spacial score (nSPS) is 20.7. The average molecular weight is 307 g/mol. The number of hydrogen-bond donors (Lipinski definition) is 3. The monoisotopic (exact) mass is 307 g/mol. The van der Waals surface area contributed by atoms with E-state index in [9.17, 15) is 9.59 Å².